The molecule has 1 aliphatic rings. The first-order valence-electron chi connectivity index (χ1n) is 5.51. The molecule has 1 saturated heterocycles. The number of nitrogens with two attached hydrogens (primary N) is 2. The molecule has 0 spiro atoms. The van der Waals surface area contributed by atoms with Crippen molar-refractivity contribution in [2.45, 2.75) is 19.4 Å². The third-order valence-corrected chi connectivity index (χ3v) is 3.03. The van der Waals surface area contributed by atoms with Gasteiger partial charge in [0.05, 0.1) is 30.1 Å². The van der Waals surface area contributed by atoms with Gasteiger partial charge < -0.3 is 21.1 Å². The van der Waals surface area contributed by atoms with Crippen molar-refractivity contribution in [3.63, 3.8) is 0 Å². The molecule has 4 N–H and O–H groups in total. The second kappa shape index (κ2) is 3.87. The molecule has 1 aromatic carbocycles. The molecule has 16 heavy (non-hydrogen) atoms. The number of morpholine rings is 1. The highest BCUT2D eigenvalue weighted by Crippen LogP contribution is 2.30. The molecule has 0 aromatic heterocycles. The number of anilines is 3. The van der Waals surface area contributed by atoms with Crippen molar-refractivity contribution in [2.24, 2.45) is 0 Å². The Morgan fingerprint density at radius 3 is 2.62 bits per heavy atom. The highest BCUT2D eigenvalue weighted by atomic mass is 16.5. The Morgan fingerprint density at radius 2 is 2.00 bits per heavy atom. The third kappa shape index (κ3) is 1.93. The highest BCUT2D eigenvalue weighted by Gasteiger charge is 2.30. The van der Waals surface area contributed by atoms with Gasteiger partial charge in [-0.05, 0) is 32.0 Å². The number of benzene rings is 1. The van der Waals surface area contributed by atoms with Crippen LogP contribution >= 0.6 is 0 Å². The molecule has 1 fully saturated rings. The summed E-state index contributed by atoms with van der Waals surface area (Å²) in [5.41, 5.74) is 13.9. The van der Waals surface area contributed by atoms with Crippen molar-refractivity contribution in [3.8, 4) is 0 Å². The first-order valence-corrected chi connectivity index (χ1v) is 5.51. The van der Waals surface area contributed by atoms with E-state index in [2.05, 4.69) is 18.7 Å². The topological polar surface area (TPSA) is 64.5 Å². The Balaban J connectivity index is 2.31. The zero-order valence-corrected chi connectivity index (χ0v) is 9.86. The lowest BCUT2D eigenvalue weighted by molar-refractivity contribution is 0.0644. The van der Waals surface area contributed by atoms with E-state index in [0.717, 1.165) is 25.4 Å². The van der Waals surface area contributed by atoms with Gasteiger partial charge in [-0.25, -0.2) is 0 Å². The van der Waals surface area contributed by atoms with E-state index < -0.39 is 0 Å². The van der Waals surface area contributed by atoms with E-state index in [-0.39, 0.29) is 5.54 Å². The van der Waals surface area contributed by atoms with Crippen LogP contribution in [0.4, 0.5) is 17.1 Å². The van der Waals surface area contributed by atoms with Crippen LogP contribution in [0.2, 0.25) is 0 Å². The van der Waals surface area contributed by atoms with Gasteiger partial charge in [-0.2, -0.15) is 0 Å². The Labute approximate surface area is 96.2 Å². The third-order valence-electron chi connectivity index (χ3n) is 3.03. The number of nitrogen functional groups attached to an aromatic ring is 2. The van der Waals surface area contributed by atoms with Crippen LogP contribution in [-0.4, -0.2) is 25.3 Å². The van der Waals surface area contributed by atoms with Crippen LogP contribution in [0.3, 0.4) is 0 Å². The predicted octanol–water partition coefficient (Wildman–Crippen LogP) is 1.47. The van der Waals surface area contributed by atoms with E-state index in [1.165, 1.54) is 0 Å². The summed E-state index contributed by atoms with van der Waals surface area (Å²) in [5.74, 6) is 0. The molecule has 1 aliphatic heterocycles. The van der Waals surface area contributed by atoms with Crippen molar-refractivity contribution >= 4 is 17.1 Å². The fourth-order valence-corrected chi connectivity index (χ4v) is 2.07. The number of nitrogens with zero attached hydrogens (tertiary/aromatic N) is 1. The second-order valence-electron chi connectivity index (χ2n) is 4.83. The number of hydrogen-bond donors (Lipinski definition) is 2. The van der Waals surface area contributed by atoms with E-state index in [4.69, 9.17) is 16.2 Å². The lowest BCUT2D eigenvalue weighted by Crippen LogP contribution is -2.53. The van der Waals surface area contributed by atoms with Crippen LogP contribution in [0.1, 0.15) is 13.8 Å². The molecule has 88 valence electrons. The summed E-state index contributed by atoms with van der Waals surface area (Å²) in [4.78, 5) is 2.31. The van der Waals surface area contributed by atoms with Crippen LogP contribution in [0.5, 0.6) is 0 Å². The molecule has 0 amide bonds. The molecule has 1 aromatic rings. The summed E-state index contributed by atoms with van der Waals surface area (Å²) in [6, 6.07) is 5.80. The smallest absolute Gasteiger partial charge is 0.0694 e. The fraction of sp³-hybridized carbons (Fsp3) is 0.500. The molecule has 0 radical (unpaired) electrons. The van der Waals surface area contributed by atoms with Gasteiger partial charge in [0.1, 0.15) is 0 Å². The SMILES string of the molecule is CC1(C)COCCN1c1ccc(N)c(N)c1. The minimum atomic E-state index is 0.000799. The van der Waals surface area contributed by atoms with Gasteiger partial charge >= 0.3 is 0 Å². The lowest BCUT2D eigenvalue weighted by Gasteiger charge is -2.44. The molecule has 0 bridgehead atoms. The molecular weight excluding hydrogens is 202 g/mol. The van der Waals surface area contributed by atoms with Gasteiger partial charge in [-0.3, -0.25) is 0 Å². The van der Waals surface area contributed by atoms with Gasteiger partial charge in [-0.15, -0.1) is 0 Å². The Bertz CT molecular complexity index is 390. The number of ether oxygens (including phenoxy) is 1. The summed E-state index contributed by atoms with van der Waals surface area (Å²) in [6.07, 6.45) is 0. The van der Waals surface area contributed by atoms with E-state index in [9.17, 15) is 0 Å². The Hall–Kier alpha value is -1.42. The molecule has 4 heteroatoms. The van der Waals surface area contributed by atoms with Crippen LogP contribution in [-0.2, 0) is 4.74 Å². The van der Waals surface area contributed by atoms with E-state index in [1.54, 1.807) is 0 Å². The van der Waals surface area contributed by atoms with Gasteiger partial charge in [0, 0.05) is 12.2 Å². The standard InChI is InChI=1S/C12H19N3O/c1-12(2)8-16-6-5-15(12)9-3-4-10(13)11(14)7-9/h3-4,7H,5-6,8,13-14H2,1-2H3. The van der Waals surface area contributed by atoms with Gasteiger partial charge in [0.2, 0.25) is 0 Å². The molecule has 0 atom stereocenters. The van der Waals surface area contributed by atoms with Crippen LogP contribution in [0.25, 0.3) is 0 Å². The van der Waals surface area contributed by atoms with E-state index in [0.29, 0.717) is 11.4 Å². The largest absolute Gasteiger partial charge is 0.397 e. The minimum Gasteiger partial charge on any atom is -0.397 e. The maximum absolute atomic E-state index is 5.83. The number of hydrogen-bond acceptors (Lipinski definition) is 4. The molecular formula is C12H19N3O. The van der Waals surface area contributed by atoms with Crippen molar-refractivity contribution in [3.05, 3.63) is 18.2 Å². The summed E-state index contributed by atoms with van der Waals surface area (Å²) in [5, 5.41) is 0. The zero-order valence-electron chi connectivity index (χ0n) is 9.86. The molecule has 2 rings (SSSR count). The van der Waals surface area contributed by atoms with Gasteiger partial charge in [0.25, 0.3) is 0 Å². The van der Waals surface area contributed by atoms with Crippen LogP contribution in [0.15, 0.2) is 18.2 Å². The highest BCUT2D eigenvalue weighted by molar-refractivity contribution is 5.70. The fourth-order valence-electron chi connectivity index (χ4n) is 2.07. The first kappa shape index (κ1) is 11.1. The quantitative estimate of drug-likeness (QED) is 0.705. The Morgan fingerprint density at radius 1 is 1.25 bits per heavy atom. The first-order chi connectivity index (χ1) is 7.50. The maximum Gasteiger partial charge on any atom is 0.0694 e. The van der Waals surface area contributed by atoms with Gasteiger partial charge in [-0.1, -0.05) is 0 Å². The van der Waals surface area contributed by atoms with E-state index >= 15 is 0 Å². The van der Waals surface area contributed by atoms with Gasteiger partial charge in [0.15, 0.2) is 0 Å². The van der Waals surface area contributed by atoms with E-state index in [1.807, 2.05) is 18.2 Å². The molecule has 4 nitrogen and oxygen atoms in total. The summed E-state index contributed by atoms with van der Waals surface area (Å²) in [7, 11) is 0. The van der Waals surface area contributed by atoms with Crippen molar-refractivity contribution in [1.82, 2.24) is 0 Å². The van der Waals surface area contributed by atoms with Crippen molar-refractivity contribution in [2.75, 3.05) is 36.1 Å². The van der Waals surface area contributed by atoms with Crippen LogP contribution < -0.4 is 16.4 Å². The molecule has 0 saturated carbocycles. The summed E-state index contributed by atoms with van der Waals surface area (Å²) in [6.45, 7) is 6.71. The Kier molecular flexibility index (Phi) is 2.68. The normalized spacial score (nSPS) is 19.8. The predicted molar refractivity (Wildman–Crippen MR) is 67.5 cm³/mol. The average molecular weight is 221 g/mol. The number of rotatable bonds is 1. The summed E-state index contributed by atoms with van der Waals surface area (Å²) >= 11 is 0. The lowest BCUT2D eigenvalue weighted by atomic mass is 10.0. The molecule has 0 unspecified atom stereocenters. The monoisotopic (exact) mass is 221 g/mol. The summed E-state index contributed by atoms with van der Waals surface area (Å²) < 4.78 is 5.49. The van der Waals surface area contributed by atoms with Crippen molar-refractivity contribution in [1.29, 1.82) is 0 Å². The second-order valence-corrected chi connectivity index (χ2v) is 4.83. The molecule has 1 heterocycles. The van der Waals surface area contributed by atoms with Crippen molar-refractivity contribution < 1.29 is 4.74 Å². The molecule has 0 aliphatic carbocycles. The zero-order chi connectivity index (χ0) is 11.8. The van der Waals surface area contributed by atoms with Crippen LogP contribution in [0, 0.1) is 0 Å². The minimum absolute atomic E-state index is 0.000799. The average Bonchev–Trinajstić information content (AvgIpc) is 2.22. The maximum atomic E-state index is 5.83.